The van der Waals surface area contributed by atoms with E-state index in [0.29, 0.717) is 11.6 Å². The fourth-order valence-corrected chi connectivity index (χ4v) is 2.16. The smallest absolute Gasteiger partial charge is 0.354 e. The predicted molar refractivity (Wildman–Crippen MR) is 77.0 cm³/mol. The predicted octanol–water partition coefficient (Wildman–Crippen LogP) is 2.15. The van der Waals surface area contributed by atoms with E-state index in [-0.39, 0.29) is 5.69 Å². The molecule has 1 N–H and O–H groups in total. The molecule has 0 bridgehead atoms. The van der Waals surface area contributed by atoms with Crippen LogP contribution in [0.4, 0.5) is 5.95 Å². The molecule has 0 aromatic carbocycles. The molecule has 2 rings (SSSR count). The Morgan fingerprint density at radius 3 is 2.37 bits per heavy atom. The van der Waals surface area contributed by atoms with Gasteiger partial charge in [0.2, 0.25) is 5.95 Å². The van der Waals surface area contributed by atoms with E-state index in [9.17, 15) is 4.79 Å². The molecule has 0 radical (unpaired) electrons. The van der Waals surface area contributed by atoms with Crippen LogP contribution in [0.2, 0.25) is 0 Å². The lowest BCUT2D eigenvalue weighted by atomic mass is 10.0. The standard InChI is InChI=1S/C14H20N4O/c1-6-7-15-13-16-12-10(4)8(2)9(3)11(5)18(12)14(19)17-13/h6-7H2,1-5H3,(H,15,17,19). The molecular weight excluding hydrogens is 240 g/mol. The molecule has 0 spiro atoms. The number of nitrogens with one attached hydrogen (secondary N) is 1. The highest BCUT2D eigenvalue weighted by molar-refractivity contribution is 5.56. The average Bonchev–Trinajstić information content (AvgIpc) is 2.39. The van der Waals surface area contributed by atoms with E-state index in [1.807, 2.05) is 20.8 Å². The maximum absolute atomic E-state index is 12.2. The van der Waals surface area contributed by atoms with E-state index >= 15 is 0 Å². The minimum atomic E-state index is -0.271. The first-order valence-electron chi connectivity index (χ1n) is 6.58. The minimum Gasteiger partial charge on any atom is -0.354 e. The van der Waals surface area contributed by atoms with Crippen molar-refractivity contribution in [3.05, 3.63) is 32.9 Å². The van der Waals surface area contributed by atoms with Crippen molar-refractivity contribution in [3.63, 3.8) is 0 Å². The molecule has 102 valence electrons. The molecule has 0 aliphatic carbocycles. The van der Waals surface area contributed by atoms with Crippen molar-refractivity contribution in [2.45, 2.75) is 41.0 Å². The van der Waals surface area contributed by atoms with Crippen LogP contribution in [0.5, 0.6) is 0 Å². The molecule has 0 saturated heterocycles. The maximum Gasteiger partial charge on any atom is 0.356 e. The summed E-state index contributed by atoms with van der Waals surface area (Å²) in [6.07, 6.45) is 0.966. The molecule has 0 amide bonds. The molecule has 5 nitrogen and oxygen atoms in total. The topological polar surface area (TPSA) is 59.3 Å². The normalized spacial score (nSPS) is 11.0. The van der Waals surface area contributed by atoms with E-state index in [0.717, 1.165) is 29.8 Å². The highest BCUT2D eigenvalue weighted by Gasteiger charge is 2.13. The van der Waals surface area contributed by atoms with Crippen LogP contribution in [0.3, 0.4) is 0 Å². The number of nitrogens with zero attached hydrogens (tertiary/aromatic N) is 3. The molecule has 0 unspecified atom stereocenters. The van der Waals surface area contributed by atoms with Gasteiger partial charge in [-0.1, -0.05) is 6.92 Å². The second-order valence-corrected chi connectivity index (χ2v) is 4.88. The molecule has 2 aromatic heterocycles. The Labute approximate surface area is 112 Å². The first-order chi connectivity index (χ1) is 8.97. The van der Waals surface area contributed by atoms with Gasteiger partial charge in [-0.2, -0.15) is 9.97 Å². The Bertz CT molecular complexity index is 688. The Balaban J connectivity index is 2.78. The molecule has 0 atom stereocenters. The number of pyridine rings is 1. The van der Waals surface area contributed by atoms with Crippen LogP contribution in [0.15, 0.2) is 4.79 Å². The lowest BCUT2D eigenvalue weighted by molar-refractivity contribution is 0.871. The van der Waals surface area contributed by atoms with Gasteiger partial charge in [0.25, 0.3) is 0 Å². The number of aryl methyl sites for hydroxylation is 2. The highest BCUT2D eigenvalue weighted by atomic mass is 16.1. The van der Waals surface area contributed by atoms with Gasteiger partial charge in [0.05, 0.1) is 0 Å². The third kappa shape index (κ3) is 2.20. The largest absolute Gasteiger partial charge is 0.356 e. The van der Waals surface area contributed by atoms with Crippen molar-refractivity contribution in [1.82, 2.24) is 14.4 Å². The van der Waals surface area contributed by atoms with Gasteiger partial charge in [-0.15, -0.1) is 0 Å². The summed E-state index contributed by atoms with van der Waals surface area (Å²) in [5.41, 5.74) is 4.65. The van der Waals surface area contributed by atoms with E-state index in [1.54, 1.807) is 4.40 Å². The Morgan fingerprint density at radius 1 is 1.05 bits per heavy atom. The van der Waals surface area contributed by atoms with Crippen LogP contribution >= 0.6 is 0 Å². The van der Waals surface area contributed by atoms with Gasteiger partial charge < -0.3 is 5.32 Å². The first kappa shape index (κ1) is 13.5. The number of hydrogen-bond acceptors (Lipinski definition) is 4. The summed E-state index contributed by atoms with van der Waals surface area (Å²) in [5.74, 6) is 0.414. The van der Waals surface area contributed by atoms with E-state index in [2.05, 4.69) is 29.1 Å². The summed E-state index contributed by atoms with van der Waals surface area (Å²) in [6.45, 7) is 10.8. The highest BCUT2D eigenvalue weighted by Crippen LogP contribution is 2.19. The van der Waals surface area contributed by atoms with E-state index in [4.69, 9.17) is 0 Å². The second-order valence-electron chi connectivity index (χ2n) is 4.88. The van der Waals surface area contributed by atoms with Gasteiger partial charge in [0.15, 0.2) is 0 Å². The van der Waals surface area contributed by atoms with E-state index < -0.39 is 0 Å². The van der Waals surface area contributed by atoms with Crippen LogP contribution in [0.25, 0.3) is 5.65 Å². The zero-order valence-corrected chi connectivity index (χ0v) is 12.2. The molecule has 2 heterocycles. The van der Waals surface area contributed by atoms with Crippen molar-refractivity contribution >= 4 is 11.6 Å². The van der Waals surface area contributed by atoms with Crippen LogP contribution < -0.4 is 11.0 Å². The molecule has 0 aliphatic rings. The van der Waals surface area contributed by atoms with Crippen molar-refractivity contribution in [1.29, 1.82) is 0 Å². The van der Waals surface area contributed by atoms with Gasteiger partial charge in [-0.05, 0) is 50.8 Å². The number of hydrogen-bond donors (Lipinski definition) is 1. The zero-order valence-electron chi connectivity index (χ0n) is 12.2. The van der Waals surface area contributed by atoms with Crippen molar-refractivity contribution < 1.29 is 0 Å². The minimum absolute atomic E-state index is 0.271. The molecule has 0 fully saturated rings. The lowest BCUT2D eigenvalue weighted by Crippen LogP contribution is -2.24. The lowest BCUT2D eigenvalue weighted by Gasteiger charge is -2.14. The van der Waals surface area contributed by atoms with Gasteiger partial charge in [-0.3, -0.25) is 0 Å². The van der Waals surface area contributed by atoms with Gasteiger partial charge in [-0.25, -0.2) is 9.20 Å². The summed E-state index contributed by atoms with van der Waals surface area (Å²) < 4.78 is 1.59. The Hall–Kier alpha value is -1.91. The summed E-state index contributed by atoms with van der Waals surface area (Å²) in [5, 5.41) is 3.07. The molecule has 19 heavy (non-hydrogen) atoms. The first-order valence-corrected chi connectivity index (χ1v) is 6.58. The van der Waals surface area contributed by atoms with Gasteiger partial charge in [0.1, 0.15) is 5.65 Å². The van der Waals surface area contributed by atoms with Crippen molar-refractivity contribution in [3.8, 4) is 0 Å². The van der Waals surface area contributed by atoms with Crippen LogP contribution in [-0.4, -0.2) is 20.9 Å². The fraction of sp³-hybridized carbons (Fsp3) is 0.500. The Morgan fingerprint density at radius 2 is 1.74 bits per heavy atom. The summed E-state index contributed by atoms with van der Waals surface area (Å²) in [7, 11) is 0. The molecular formula is C14H20N4O. The SMILES string of the molecule is CCCNc1nc(=O)n2c(C)c(C)c(C)c(C)c2n1. The third-order valence-corrected chi connectivity index (χ3v) is 3.69. The van der Waals surface area contributed by atoms with Crippen molar-refractivity contribution in [2.24, 2.45) is 0 Å². The van der Waals surface area contributed by atoms with Crippen LogP contribution in [0.1, 0.15) is 35.7 Å². The summed E-state index contributed by atoms with van der Waals surface area (Å²) in [4.78, 5) is 20.6. The number of aromatic nitrogens is 3. The number of fused-ring (bicyclic) bond motifs is 1. The Kier molecular flexibility index (Phi) is 3.55. The van der Waals surface area contributed by atoms with Gasteiger partial charge in [0, 0.05) is 12.2 Å². The van der Waals surface area contributed by atoms with Gasteiger partial charge >= 0.3 is 5.69 Å². The van der Waals surface area contributed by atoms with Crippen LogP contribution in [-0.2, 0) is 0 Å². The second kappa shape index (κ2) is 4.99. The molecule has 5 heteroatoms. The zero-order chi connectivity index (χ0) is 14.2. The monoisotopic (exact) mass is 260 g/mol. The summed E-state index contributed by atoms with van der Waals surface area (Å²) in [6, 6.07) is 0. The third-order valence-electron chi connectivity index (χ3n) is 3.69. The van der Waals surface area contributed by atoms with Crippen molar-refractivity contribution in [2.75, 3.05) is 11.9 Å². The molecule has 0 aliphatic heterocycles. The van der Waals surface area contributed by atoms with E-state index in [1.165, 1.54) is 5.56 Å². The average molecular weight is 260 g/mol. The maximum atomic E-state index is 12.2. The fourth-order valence-electron chi connectivity index (χ4n) is 2.16. The quantitative estimate of drug-likeness (QED) is 0.918. The van der Waals surface area contributed by atoms with Crippen LogP contribution in [0, 0.1) is 27.7 Å². The number of rotatable bonds is 3. The molecule has 0 saturated carbocycles. The molecule has 2 aromatic rings. The number of anilines is 1. The summed E-state index contributed by atoms with van der Waals surface area (Å²) >= 11 is 0.